The van der Waals surface area contributed by atoms with Crippen molar-refractivity contribution in [3.8, 4) is 0 Å². The van der Waals surface area contributed by atoms with Crippen LogP contribution in [0.2, 0.25) is 5.02 Å². The van der Waals surface area contributed by atoms with Gasteiger partial charge in [0.15, 0.2) is 0 Å². The molecule has 12 heteroatoms. The van der Waals surface area contributed by atoms with Crippen molar-refractivity contribution in [2.75, 3.05) is 17.1 Å². The number of sulfonamides is 1. The molecule has 3 rings (SSSR count). The van der Waals surface area contributed by atoms with Crippen molar-refractivity contribution in [3.05, 3.63) is 101 Å². The SMILES string of the molecule is CC(C)NC(=O)[C@H](Cc1ccccc1)N(Cc1ccccc1)C(=O)CN(c1cc(C(F)(F)F)ccc1Cl)S(C)(=O)=O. The van der Waals surface area contributed by atoms with E-state index in [-0.39, 0.29) is 24.0 Å². The summed E-state index contributed by atoms with van der Waals surface area (Å²) in [6.45, 7) is 2.59. The molecule has 7 nitrogen and oxygen atoms in total. The number of hydrogen-bond acceptors (Lipinski definition) is 4. The van der Waals surface area contributed by atoms with Crippen molar-refractivity contribution in [2.24, 2.45) is 0 Å². The topological polar surface area (TPSA) is 86.8 Å². The van der Waals surface area contributed by atoms with Gasteiger partial charge in [0.2, 0.25) is 21.8 Å². The summed E-state index contributed by atoms with van der Waals surface area (Å²) >= 11 is 6.16. The molecule has 0 spiro atoms. The van der Waals surface area contributed by atoms with Crippen LogP contribution in [0.25, 0.3) is 0 Å². The Kier molecular flexibility index (Phi) is 10.4. The highest BCUT2D eigenvalue weighted by molar-refractivity contribution is 7.92. The fourth-order valence-electron chi connectivity index (χ4n) is 4.19. The number of hydrogen-bond donors (Lipinski definition) is 1. The monoisotopic (exact) mass is 609 g/mol. The standard InChI is InChI=1S/C29H31ClF3N3O4S/c1-20(2)34-28(38)26(16-21-10-6-4-7-11-21)35(18-22-12-8-5-9-13-22)27(37)19-36(41(3,39)40)25-17-23(29(31,32)33)14-15-24(25)30/h4-15,17,20,26H,16,18-19H2,1-3H3,(H,34,38)/t26-/m0/s1. The van der Waals surface area contributed by atoms with Gasteiger partial charge >= 0.3 is 6.18 Å². The smallest absolute Gasteiger partial charge is 0.352 e. The lowest BCUT2D eigenvalue weighted by Gasteiger charge is -2.34. The summed E-state index contributed by atoms with van der Waals surface area (Å²) in [5, 5.41) is 2.53. The summed E-state index contributed by atoms with van der Waals surface area (Å²) < 4.78 is 66.6. The van der Waals surface area contributed by atoms with E-state index in [0.29, 0.717) is 15.9 Å². The normalized spacial score (nSPS) is 12.6. The number of rotatable bonds is 11. The van der Waals surface area contributed by atoms with E-state index in [0.717, 1.165) is 24.0 Å². The van der Waals surface area contributed by atoms with Gasteiger partial charge in [0.05, 0.1) is 22.5 Å². The van der Waals surface area contributed by atoms with Gasteiger partial charge in [-0.15, -0.1) is 0 Å². The fourth-order valence-corrected chi connectivity index (χ4v) is 5.31. The van der Waals surface area contributed by atoms with Gasteiger partial charge in [-0.2, -0.15) is 13.2 Å². The number of nitrogens with one attached hydrogen (secondary N) is 1. The van der Waals surface area contributed by atoms with Gasteiger partial charge in [-0.3, -0.25) is 13.9 Å². The van der Waals surface area contributed by atoms with E-state index >= 15 is 0 Å². The number of anilines is 1. The van der Waals surface area contributed by atoms with Gasteiger partial charge in [0.25, 0.3) is 0 Å². The molecule has 0 aromatic heterocycles. The molecule has 0 saturated carbocycles. The van der Waals surface area contributed by atoms with Gasteiger partial charge in [-0.05, 0) is 43.2 Å². The molecule has 0 aliphatic heterocycles. The highest BCUT2D eigenvalue weighted by Crippen LogP contribution is 2.36. The van der Waals surface area contributed by atoms with Crippen molar-refractivity contribution in [3.63, 3.8) is 0 Å². The Bertz CT molecular complexity index is 1450. The largest absolute Gasteiger partial charge is 0.416 e. The Hall–Kier alpha value is -3.57. The van der Waals surface area contributed by atoms with Crippen molar-refractivity contribution >= 4 is 39.1 Å². The molecule has 220 valence electrons. The van der Waals surface area contributed by atoms with Gasteiger partial charge in [0, 0.05) is 19.0 Å². The number of carbonyl (C=O) groups excluding carboxylic acids is 2. The molecule has 0 fully saturated rings. The second-order valence-corrected chi connectivity index (χ2v) is 12.1. The first-order valence-electron chi connectivity index (χ1n) is 12.7. The number of alkyl halides is 3. The van der Waals surface area contributed by atoms with Crippen LogP contribution in [-0.4, -0.2) is 50.0 Å². The lowest BCUT2D eigenvalue weighted by molar-refractivity contribution is -0.140. The van der Waals surface area contributed by atoms with Crippen molar-refractivity contribution in [1.29, 1.82) is 0 Å². The number of benzene rings is 3. The minimum absolute atomic E-state index is 0.0589. The zero-order chi connectivity index (χ0) is 30.4. The van der Waals surface area contributed by atoms with Gasteiger partial charge in [-0.25, -0.2) is 8.42 Å². The van der Waals surface area contributed by atoms with E-state index in [2.05, 4.69) is 5.32 Å². The van der Waals surface area contributed by atoms with Crippen LogP contribution in [-0.2, 0) is 38.8 Å². The van der Waals surface area contributed by atoms with Crippen LogP contribution in [0, 0.1) is 0 Å². The van der Waals surface area contributed by atoms with Crippen LogP contribution in [0.1, 0.15) is 30.5 Å². The van der Waals surface area contributed by atoms with Crippen LogP contribution in [0.15, 0.2) is 78.9 Å². The fraction of sp³-hybridized carbons (Fsp3) is 0.310. The van der Waals surface area contributed by atoms with Crippen LogP contribution in [0.4, 0.5) is 18.9 Å². The molecule has 0 aliphatic carbocycles. The van der Waals surface area contributed by atoms with Crippen molar-refractivity contribution in [1.82, 2.24) is 10.2 Å². The molecule has 2 amide bonds. The van der Waals surface area contributed by atoms with E-state index in [1.165, 1.54) is 4.90 Å². The third-order valence-electron chi connectivity index (χ3n) is 6.12. The first-order chi connectivity index (χ1) is 19.2. The Morgan fingerprint density at radius 2 is 1.49 bits per heavy atom. The van der Waals surface area contributed by atoms with E-state index in [1.807, 2.05) is 6.07 Å². The number of amides is 2. The predicted octanol–water partition coefficient (Wildman–Crippen LogP) is 5.29. The van der Waals surface area contributed by atoms with E-state index < -0.39 is 51.9 Å². The minimum Gasteiger partial charge on any atom is -0.352 e. The minimum atomic E-state index is -4.78. The molecule has 0 saturated heterocycles. The molecule has 1 atom stereocenters. The molecular weight excluding hydrogens is 579 g/mol. The second kappa shape index (κ2) is 13.4. The van der Waals surface area contributed by atoms with Crippen LogP contribution < -0.4 is 9.62 Å². The molecule has 3 aromatic carbocycles. The first-order valence-corrected chi connectivity index (χ1v) is 14.9. The lowest BCUT2D eigenvalue weighted by atomic mass is 10.0. The average molecular weight is 610 g/mol. The van der Waals surface area contributed by atoms with Crippen molar-refractivity contribution in [2.45, 2.75) is 45.1 Å². The highest BCUT2D eigenvalue weighted by atomic mass is 35.5. The maximum atomic E-state index is 14.0. The maximum Gasteiger partial charge on any atom is 0.416 e. The molecule has 0 radical (unpaired) electrons. The molecule has 0 aliphatic rings. The van der Waals surface area contributed by atoms with E-state index in [1.54, 1.807) is 68.4 Å². The van der Waals surface area contributed by atoms with Crippen LogP contribution >= 0.6 is 11.6 Å². The third-order valence-corrected chi connectivity index (χ3v) is 7.57. The molecule has 41 heavy (non-hydrogen) atoms. The average Bonchev–Trinajstić information content (AvgIpc) is 2.89. The third kappa shape index (κ3) is 8.96. The lowest BCUT2D eigenvalue weighted by Crippen LogP contribution is -2.54. The molecule has 1 N–H and O–H groups in total. The maximum absolute atomic E-state index is 14.0. The quantitative estimate of drug-likeness (QED) is 0.320. The zero-order valence-electron chi connectivity index (χ0n) is 22.7. The number of halogens is 4. The Morgan fingerprint density at radius 1 is 0.927 bits per heavy atom. The number of nitrogens with zero attached hydrogens (tertiary/aromatic N) is 2. The predicted molar refractivity (Wildman–Crippen MR) is 153 cm³/mol. The summed E-state index contributed by atoms with van der Waals surface area (Å²) in [4.78, 5) is 28.7. The Balaban J connectivity index is 2.09. The Labute approximate surface area is 243 Å². The molecule has 0 heterocycles. The summed E-state index contributed by atoms with van der Waals surface area (Å²) in [7, 11) is -4.29. The van der Waals surface area contributed by atoms with Crippen molar-refractivity contribution < 1.29 is 31.2 Å². The number of carbonyl (C=O) groups is 2. The van der Waals surface area contributed by atoms with Gasteiger partial charge in [-0.1, -0.05) is 72.3 Å². The van der Waals surface area contributed by atoms with E-state index in [9.17, 15) is 31.2 Å². The first kappa shape index (κ1) is 32.0. The second-order valence-electron chi connectivity index (χ2n) is 9.81. The van der Waals surface area contributed by atoms with Crippen LogP contribution in [0.5, 0.6) is 0 Å². The molecule has 0 unspecified atom stereocenters. The molecule has 3 aromatic rings. The zero-order valence-corrected chi connectivity index (χ0v) is 24.3. The Morgan fingerprint density at radius 3 is 2.00 bits per heavy atom. The van der Waals surface area contributed by atoms with Gasteiger partial charge < -0.3 is 10.2 Å². The van der Waals surface area contributed by atoms with Crippen LogP contribution in [0.3, 0.4) is 0 Å². The summed E-state index contributed by atoms with van der Waals surface area (Å²) in [6, 6.07) is 18.7. The molecule has 0 bridgehead atoms. The summed E-state index contributed by atoms with van der Waals surface area (Å²) in [6.07, 6.45) is -3.89. The summed E-state index contributed by atoms with van der Waals surface area (Å²) in [5.41, 5.74) is -0.205. The van der Waals surface area contributed by atoms with Gasteiger partial charge in [0.1, 0.15) is 12.6 Å². The molecular formula is C29H31ClF3N3O4S. The van der Waals surface area contributed by atoms with E-state index in [4.69, 9.17) is 11.6 Å². The summed E-state index contributed by atoms with van der Waals surface area (Å²) in [5.74, 6) is -1.26. The highest BCUT2D eigenvalue weighted by Gasteiger charge is 2.36.